The second-order valence-electron chi connectivity index (χ2n) is 6.27. The Kier molecular flexibility index (Phi) is 4.78. The van der Waals surface area contributed by atoms with Gasteiger partial charge in [0.25, 0.3) is 0 Å². The van der Waals surface area contributed by atoms with Gasteiger partial charge in [0.15, 0.2) is 14.6 Å². The second-order valence-corrected chi connectivity index (χ2v) is 11.0. The third kappa shape index (κ3) is 3.03. The third-order valence-corrected chi connectivity index (χ3v) is 8.41. The van der Waals surface area contributed by atoms with Gasteiger partial charge in [-0.2, -0.15) is 0 Å². The van der Waals surface area contributed by atoms with Gasteiger partial charge in [0.05, 0.1) is 0 Å². The highest BCUT2D eigenvalue weighted by atomic mass is 28.4. The fraction of sp³-hybridized carbons (Fsp3) is 0.846. The molecule has 4 nitrogen and oxygen atoms in total. The highest BCUT2D eigenvalue weighted by Crippen LogP contribution is 2.39. The molecule has 0 aromatic heterocycles. The Morgan fingerprint density at radius 1 is 1.33 bits per heavy atom. The van der Waals surface area contributed by atoms with E-state index in [-0.39, 0.29) is 5.04 Å². The van der Waals surface area contributed by atoms with Gasteiger partial charge in [0.2, 0.25) is 0 Å². The summed E-state index contributed by atoms with van der Waals surface area (Å²) in [4.78, 5) is 0. The summed E-state index contributed by atoms with van der Waals surface area (Å²) >= 11 is 0. The molecule has 0 bridgehead atoms. The first-order chi connectivity index (χ1) is 8.14. The van der Waals surface area contributed by atoms with Gasteiger partial charge >= 0.3 is 0 Å². The van der Waals surface area contributed by atoms with Gasteiger partial charge in [0.1, 0.15) is 18.3 Å². The lowest BCUT2D eigenvalue weighted by atomic mass is 10.1. The average molecular weight is 274 g/mol. The summed E-state index contributed by atoms with van der Waals surface area (Å²) in [6.07, 6.45) is -0.534. The Labute approximate surface area is 111 Å². The monoisotopic (exact) mass is 274 g/mol. The van der Waals surface area contributed by atoms with Gasteiger partial charge < -0.3 is 19.0 Å². The molecule has 1 aliphatic heterocycles. The standard InChI is InChI=1S/C13H26O4Si/c1-8-9-10(14)11(12(15-5)16-9)17-18(6,7)13(2,3)4/h8-12,14H,1H2,2-7H3/t9-,10+,11-,12+/m1/s1. The van der Waals surface area contributed by atoms with E-state index in [1.54, 1.807) is 13.2 Å². The number of ether oxygens (including phenoxy) is 2. The van der Waals surface area contributed by atoms with Crippen molar-refractivity contribution in [3.05, 3.63) is 12.7 Å². The highest BCUT2D eigenvalue weighted by Gasteiger charge is 2.49. The maximum atomic E-state index is 10.2. The SMILES string of the molecule is C=C[C@H]1O[C@H](OC)[C@H](O[Si](C)(C)C(C)(C)C)[C@H]1O. The van der Waals surface area contributed by atoms with Crippen LogP contribution in [0.2, 0.25) is 18.1 Å². The number of hydrogen-bond donors (Lipinski definition) is 1. The molecule has 0 saturated carbocycles. The molecule has 0 unspecified atom stereocenters. The molecule has 1 heterocycles. The molecule has 0 aromatic carbocycles. The highest BCUT2D eigenvalue weighted by molar-refractivity contribution is 6.74. The lowest BCUT2D eigenvalue weighted by Gasteiger charge is -2.39. The first-order valence-corrected chi connectivity index (χ1v) is 9.21. The van der Waals surface area contributed by atoms with Crippen molar-refractivity contribution in [2.24, 2.45) is 0 Å². The van der Waals surface area contributed by atoms with Gasteiger partial charge in [-0.3, -0.25) is 0 Å². The molecular formula is C13H26O4Si. The smallest absolute Gasteiger partial charge is 0.192 e. The van der Waals surface area contributed by atoms with Crippen molar-refractivity contribution in [3.63, 3.8) is 0 Å². The zero-order valence-electron chi connectivity index (χ0n) is 12.3. The van der Waals surface area contributed by atoms with Crippen LogP contribution in [0.25, 0.3) is 0 Å². The molecule has 18 heavy (non-hydrogen) atoms. The summed E-state index contributed by atoms with van der Waals surface area (Å²) in [5, 5.41) is 10.3. The van der Waals surface area contributed by atoms with Gasteiger partial charge in [-0.05, 0) is 18.1 Å². The number of hydrogen-bond acceptors (Lipinski definition) is 4. The summed E-state index contributed by atoms with van der Waals surface area (Å²) in [6, 6.07) is 0. The molecule has 0 amide bonds. The van der Waals surface area contributed by atoms with Crippen molar-refractivity contribution in [1.29, 1.82) is 0 Å². The van der Waals surface area contributed by atoms with Gasteiger partial charge in [-0.1, -0.05) is 26.8 Å². The molecule has 0 spiro atoms. The van der Waals surface area contributed by atoms with E-state index in [9.17, 15) is 5.11 Å². The molecule has 1 N–H and O–H groups in total. The van der Waals surface area contributed by atoms with Crippen LogP contribution in [0.3, 0.4) is 0 Å². The van der Waals surface area contributed by atoms with Gasteiger partial charge in [-0.15, -0.1) is 6.58 Å². The second kappa shape index (κ2) is 5.42. The van der Waals surface area contributed by atoms with Crippen LogP contribution in [0.4, 0.5) is 0 Å². The van der Waals surface area contributed by atoms with E-state index in [0.29, 0.717) is 0 Å². The molecule has 106 valence electrons. The van der Waals surface area contributed by atoms with Crippen molar-refractivity contribution in [2.75, 3.05) is 7.11 Å². The normalized spacial score (nSPS) is 33.7. The Morgan fingerprint density at radius 3 is 2.28 bits per heavy atom. The van der Waals surface area contributed by atoms with Gasteiger partial charge in [-0.25, -0.2) is 0 Å². The van der Waals surface area contributed by atoms with Gasteiger partial charge in [0, 0.05) is 7.11 Å². The van der Waals surface area contributed by atoms with Crippen LogP contribution >= 0.6 is 0 Å². The number of aliphatic hydroxyl groups is 1. The van der Waals surface area contributed by atoms with E-state index in [4.69, 9.17) is 13.9 Å². The number of rotatable bonds is 4. The van der Waals surface area contributed by atoms with E-state index in [2.05, 4.69) is 40.4 Å². The molecule has 1 saturated heterocycles. The molecule has 1 rings (SSSR count). The zero-order valence-corrected chi connectivity index (χ0v) is 13.3. The van der Waals surface area contributed by atoms with E-state index in [1.165, 1.54) is 0 Å². The van der Waals surface area contributed by atoms with Crippen molar-refractivity contribution in [3.8, 4) is 0 Å². The van der Waals surface area contributed by atoms with E-state index in [1.807, 2.05) is 0 Å². The third-order valence-electron chi connectivity index (χ3n) is 3.93. The molecule has 1 aliphatic rings. The van der Waals surface area contributed by atoms with E-state index in [0.717, 1.165) is 0 Å². The lowest BCUT2D eigenvalue weighted by molar-refractivity contribution is -0.139. The quantitative estimate of drug-likeness (QED) is 0.631. The van der Waals surface area contributed by atoms with E-state index < -0.39 is 32.9 Å². The van der Waals surface area contributed by atoms with Crippen LogP contribution in [0.15, 0.2) is 12.7 Å². The number of aliphatic hydroxyl groups excluding tert-OH is 1. The minimum atomic E-state index is -1.97. The fourth-order valence-corrected chi connectivity index (χ4v) is 2.97. The minimum absolute atomic E-state index is 0.0806. The topological polar surface area (TPSA) is 47.9 Å². The average Bonchev–Trinajstić information content (AvgIpc) is 2.54. The largest absolute Gasteiger partial charge is 0.406 e. The van der Waals surface area contributed by atoms with Crippen LogP contribution in [0.1, 0.15) is 20.8 Å². The lowest BCUT2D eigenvalue weighted by Crippen LogP contribution is -2.49. The van der Waals surface area contributed by atoms with Crippen LogP contribution in [-0.2, 0) is 13.9 Å². The first-order valence-electron chi connectivity index (χ1n) is 6.30. The Morgan fingerprint density at radius 2 is 1.89 bits per heavy atom. The molecule has 4 atom stereocenters. The molecule has 0 aromatic rings. The Balaban J connectivity index is 2.85. The summed E-state index contributed by atoms with van der Waals surface area (Å²) in [7, 11) is -0.406. The van der Waals surface area contributed by atoms with Crippen molar-refractivity contribution >= 4 is 8.32 Å². The van der Waals surface area contributed by atoms with Crippen LogP contribution in [0.5, 0.6) is 0 Å². The molecule has 5 heteroatoms. The zero-order chi connectivity index (χ0) is 14.1. The Bertz CT molecular complexity index is 298. The fourth-order valence-electron chi connectivity index (χ4n) is 1.69. The van der Waals surface area contributed by atoms with Crippen molar-refractivity contribution < 1.29 is 19.0 Å². The molecular weight excluding hydrogens is 248 g/mol. The molecule has 0 aliphatic carbocycles. The summed E-state index contributed by atoms with van der Waals surface area (Å²) < 4.78 is 17.0. The summed E-state index contributed by atoms with van der Waals surface area (Å²) in [5.41, 5.74) is 0. The number of methoxy groups -OCH3 is 1. The maximum Gasteiger partial charge on any atom is 0.192 e. The Hall–Kier alpha value is -0.203. The summed E-state index contributed by atoms with van der Waals surface area (Å²) in [6.45, 7) is 14.4. The summed E-state index contributed by atoms with van der Waals surface area (Å²) in [5.74, 6) is 0. The van der Waals surface area contributed by atoms with Crippen LogP contribution in [-0.4, -0.2) is 45.1 Å². The maximum absolute atomic E-state index is 10.2. The minimum Gasteiger partial charge on any atom is -0.406 e. The van der Waals surface area contributed by atoms with Crippen molar-refractivity contribution in [2.45, 2.75) is 63.5 Å². The molecule has 0 radical (unpaired) electrons. The predicted molar refractivity (Wildman–Crippen MR) is 73.9 cm³/mol. The van der Waals surface area contributed by atoms with Crippen LogP contribution in [0, 0.1) is 0 Å². The molecule has 1 fully saturated rings. The predicted octanol–water partition coefficient (Wildman–Crippen LogP) is 2.30. The van der Waals surface area contributed by atoms with Crippen LogP contribution < -0.4 is 0 Å². The van der Waals surface area contributed by atoms with E-state index >= 15 is 0 Å². The first kappa shape index (κ1) is 15.9. The van der Waals surface area contributed by atoms with Crippen molar-refractivity contribution in [1.82, 2.24) is 0 Å².